The van der Waals surface area contributed by atoms with Crippen molar-refractivity contribution in [2.75, 3.05) is 6.54 Å². The zero-order valence-electron chi connectivity index (χ0n) is 11.6. The lowest BCUT2D eigenvalue weighted by atomic mass is 9.96. The molecule has 110 valence electrons. The summed E-state index contributed by atoms with van der Waals surface area (Å²) in [5, 5.41) is 0. The fourth-order valence-electron chi connectivity index (χ4n) is 2.74. The summed E-state index contributed by atoms with van der Waals surface area (Å²) < 4.78 is 26.0. The van der Waals surface area contributed by atoms with E-state index in [4.69, 9.17) is 5.73 Å². The number of carbonyl (C=O) groups is 1. The van der Waals surface area contributed by atoms with E-state index in [0.717, 1.165) is 31.4 Å². The molecule has 0 saturated carbocycles. The molecule has 0 radical (unpaired) electrons. The van der Waals surface area contributed by atoms with Gasteiger partial charge in [0.25, 0.3) is 0 Å². The largest absolute Gasteiger partial charge is 0.338 e. The number of rotatable bonds is 3. The van der Waals surface area contributed by atoms with Gasteiger partial charge in [0.1, 0.15) is 0 Å². The second-order valence-corrected chi connectivity index (χ2v) is 5.43. The van der Waals surface area contributed by atoms with Crippen LogP contribution in [-0.4, -0.2) is 29.4 Å². The Hall–Kier alpha value is -1.49. The highest BCUT2D eigenvalue weighted by atomic mass is 19.2. The molecular formula is C15H20F2N2O. The summed E-state index contributed by atoms with van der Waals surface area (Å²) in [5.74, 6) is -1.89. The van der Waals surface area contributed by atoms with Crippen LogP contribution in [0.15, 0.2) is 18.2 Å². The maximum atomic E-state index is 13.2. The Balaban J connectivity index is 2.07. The lowest BCUT2D eigenvalue weighted by Crippen LogP contribution is -2.52. The van der Waals surface area contributed by atoms with Gasteiger partial charge >= 0.3 is 0 Å². The van der Waals surface area contributed by atoms with Crippen molar-refractivity contribution in [2.45, 2.75) is 44.7 Å². The summed E-state index contributed by atoms with van der Waals surface area (Å²) in [7, 11) is 0. The minimum atomic E-state index is -0.919. The van der Waals surface area contributed by atoms with Crippen molar-refractivity contribution < 1.29 is 13.6 Å². The molecule has 2 N–H and O–H groups in total. The van der Waals surface area contributed by atoms with Gasteiger partial charge in [0.15, 0.2) is 11.6 Å². The molecule has 1 heterocycles. The molecule has 0 spiro atoms. The van der Waals surface area contributed by atoms with E-state index in [0.29, 0.717) is 12.1 Å². The summed E-state index contributed by atoms with van der Waals surface area (Å²) in [4.78, 5) is 14.1. The van der Waals surface area contributed by atoms with Crippen molar-refractivity contribution >= 4 is 5.91 Å². The van der Waals surface area contributed by atoms with E-state index in [2.05, 4.69) is 0 Å². The Morgan fingerprint density at radius 2 is 2.15 bits per heavy atom. The van der Waals surface area contributed by atoms with Crippen molar-refractivity contribution in [1.82, 2.24) is 4.90 Å². The minimum absolute atomic E-state index is 0.0431. The zero-order valence-corrected chi connectivity index (χ0v) is 11.6. The van der Waals surface area contributed by atoms with Gasteiger partial charge in [-0.25, -0.2) is 8.78 Å². The Bertz CT molecular complexity index is 491. The first-order chi connectivity index (χ1) is 9.49. The molecule has 0 aliphatic carbocycles. The summed E-state index contributed by atoms with van der Waals surface area (Å²) in [6.07, 6.45) is 3.02. The molecule has 1 aromatic carbocycles. The number of likely N-dealkylation sites (tertiary alicyclic amines) is 1. The molecular weight excluding hydrogens is 262 g/mol. The van der Waals surface area contributed by atoms with E-state index in [1.54, 1.807) is 4.90 Å². The Kier molecular flexibility index (Phi) is 4.70. The molecule has 0 bridgehead atoms. The molecule has 1 aliphatic rings. The Morgan fingerprint density at radius 1 is 1.40 bits per heavy atom. The number of amides is 1. The first-order valence-electron chi connectivity index (χ1n) is 6.98. The third kappa shape index (κ3) is 3.33. The van der Waals surface area contributed by atoms with Gasteiger partial charge in [0, 0.05) is 18.6 Å². The van der Waals surface area contributed by atoms with E-state index in [1.807, 2.05) is 6.92 Å². The van der Waals surface area contributed by atoms with Crippen LogP contribution in [0, 0.1) is 11.6 Å². The van der Waals surface area contributed by atoms with Crippen LogP contribution in [0.1, 0.15) is 31.7 Å². The SMILES string of the molecule is C[C@@H](N)[C@H]1CCCCN1C(=O)Cc1ccc(F)c(F)c1. The predicted octanol–water partition coefficient (Wildman–Crippen LogP) is 2.24. The fraction of sp³-hybridized carbons (Fsp3) is 0.533. The summed E-state index contributed by atoms with van der Waals surface area (Å²) in [6.45, 7) is 2.59. The van der Waals surface area contributed by atoms with Gasteiger partial charge in [-0.1, -0.05) is 6.07 Å². The van der Waals surface area contributed by atoms with E-state index < -0.39 is 11.6 Å². The standard InChI is InChI=1S/C15H20F2N2O/c1-10(18)14-4-2-3-7-19(14)15(20)9-11-5-6-12(16)13(17)8-11/h5-6,8,10,14H,2-4,7,9,18H2,1H3/t10-,14-/m1/s1. The average Bonchev–Trinajstić information content (AvgIpc) is 2.43. The highest BCUT2D eigenvalue weighted by Crippen LogP contribution is 2.20. The predicted molar refractivity (Wildman–Crippen MR) is 73.1 cm³/mol. The van der Waals surface area contributed by atoms with Gasteiger partial charge in [-0.3, -0.25) is 4.79 Å². The topological polar surface area (TPSA) is 46.3 Å². The van der Waals surface area contributed by atoms with Gasteiger partial charge < -0.3 is 10.6 Å². The molecule has 2 atom stereocenters. The van der Waals surface area contributed by atoms with Crippen molar-refractivity contribution in [1.29, 1.82) is 0 Å². The van der Waals surface area contributed by atoms with Crippen molar-refractivity contribution in [3.8, 4) is 0 Å². The third-order valence-corrected chi connectivity index (χ3v) is 3.82. The van der Waals surface area contributed by atoms with Crippen LogP contribution in [-0.2, 0) is 11.2 Å². The third-order valence-electron chi connectivity index (χ3n) is 3.82. The number of hydrogen-bond donors (Lipinski definition) is 1. The molecule has 1 aliphatic heterocycles. The van der Waals surface area contributed by atoms with E-state index in [1.165, 1.54) is 6.07 Å². The molecule has 0 aromatic heterocycles. The van der Waals surface area contributed by atoms with Crippen molar-refractivity contribution in [3.63, 3.8) is 0 Å². The highest BCUT2D eigenvalue weighted by molar-refractivity contribution is 5.79. The van der Waals surface area contributed by atoms with Gasteiger partial charge in [-0.15, -0.1) is 0 Å². The van der Waals surface area contributed by atoms with E-state index in [9.17, 15) is 13.6 Å². The molecule has 0 unspecified atom stereocenters. The molecule has 20 heavy (non-hydrogen) atoms. The lowest BCUT2D eigenvalue weighted by molar-refractivity contribution is -0.134. The number of benzene rings is 1. The summed E-state index contributed by atoms with van der Waals surface area (Å²) in [5.41, 5.74) is 6.42. The number of nitrogens with zero attached hydrogens (tertiary/aromatic N) is 1. The second kappa shape index (κ2) is 6.31. The van der Waals surface area contributed by atoms with Crippen LogP contribution in [0.5, 0.6) is 0 Å². The highest BCUT2D eigenvalue weighted by Gasteiger charge is 2.29. The monoisotopic (exact) mass is 282 g/mol. The van der Waals surface area contributed by atoms with Crippen molar-refractivity contribution in [3.05, 3.63) is 35.4 Å². The summed E-state index contributed by atoms with van der Waals surface area (Å²) >= 11 is 0. The lowest BCUT2D eigenvalue weighted by Gasteiger charge is -2.38. The summed E-state index contributed by atoms with van der Waals surface area (Å²) in [6, 6.07) is 3.54. The average molecular weight is 282 g/mol. The quantitative estimate of drug-likeness (QED) is 0.924. The molecule has 1 aromatic rings. The molecule has 1 amide bonds. The smallest absolute Gasteiger partial charge is 0.227 e. The molecule has 2 rings (SSSR count). The van der Waals surface area contributed by atoms with Crippen LogP contribution in [0.2, 0.25) is 0 Å². The van der Waals surface area contributed by atoms with Crippen LogP contribution in [0.25, 0.3) is 0 Å². The number of nitrogens with two attached hydrogens (primary N) is 1. The first-order valence-corrected chi connectivity index (χ1v) is 6.98. The Morgan fingerprint density at radius 3 is 2.80 bits per heavy atom. The van der Waals surface area contributed by atoms with E-state index in [-0.39, 0.29) is 24.4 Å². The molecule has 1 fully saturated rings. The number of carbonyl (C=O) groups excluding carboxylic acids is 1. The number of halogens is 2. The van der Waals surface area contributed by atoms with Crippen LogP contribution in [0.3, 0.4) is 0 Å². The maximum absolute atomic E-state index is 13.2. The second-order valence-electron chi connectivity index (χ2n) is 5.43. The normalized spacial score (nSPS) is 20.8. The van der Waals surface area contributed by atoms with Gasteiger partial charge in [0.2, 0.25) is 5.91 Å². The fourth-order valence-corrected chi connectivity index (χ4v) is 2.74. The van der Waals surface area contributed by atoms with E-state index >= 15 is 0 Å². The first kappa shape index (κ1) is 14.9. The molecule has 1 saturated heterocycles. The van der Waals surface area contributed by atoms with Crippen molar-refractivity contribution in [2.24, 2.45) is 5.73 Å². The minimum Gasteiger partial charge on any atom is -0.338 e. The molecule has 5 heteroatoms. The molecule has 3 nitrogen and oxygen atoms in total. The number of hydrogen-bond acceptors (Lipinski definition) is 2. The Labute approximate surface area is 117 Å². The van der Waals surface area contributed by atoms with Crippen LogP contribution < -0.4 is 5.73 Å². The maximum Gasteiger partial charge on any atom is 0.227 e. The zero-order chi connectivity index (χ0) is 14.7. The van der Waals surface area contributed by atoms with Gasteiger partial charge in [0.05, 0.1) is 6.42 Å². The number of piperidine rings is 1. The van der Waals surface area contributed by atoms with Gasteiger partial charge in [-0.05, 0) is 43.9 Å². The van der Waals surface area contributed by atoms with Crippen LogP contribution >= 0.6 is 0 Å². The van der Waals surface area contributed by atoms with Crippen LogP contribution in [0.4, 0.5) is 8.78 Å². The van der Waals surface area contributed by atoms with Gasteiger partial charge in [-0.2, -0.15) is 0 Å².